The monoisotopic (exact) mass is 507 g/mol. The topological polar surface area (TPSA) is 62.1 Å². The lowest BCUT2D eigenvalue weighted by molar-refractivity contribution is 0.248. The summed E-state index contributed by atoms with van der Waals surface area (Å²) < 4.78 is 2.25. The second-order valence-corrected chi connectivity index (χ2v) is 12.2. The van der Waals surface area contributed by atoms with E-state index in [9.17, 15) is 0 Å². The SMILES string of the molecule is CC(C)(C)c1cccc(-n2c(C3CC3)cc3cnc(Nc4ccc(N5CCN(C6CC6)CC5)cc4)nc32)n1. The van der Waals surface area contributed by atoms with Crippen LogP contribution in [0.3, 0.4) is 0 Å². The van der Waals surface area contributed by atoms with Gasteiger partial charge in [-0.25, -0.2) is 9.97 Å². The first-order valence-corrected chi connectivity index (χ1v) is 14.1. The van der Waals surface area contributed by atoms with Crippen LogP contribution in [0.4, 0.5) is 17.3 Å². The van der Waals surface area contributed by atoms with Gasteiger partial charge in [-0.2, -0.15) is 4.98 Å². The third-order valence-electron chi connectivity index (χ3n) is 8.16. The van der Waals surface area contributed by atoms with Crippen LogP contribution in [0.15, 0.2) is 54.7 Å². The summed E-state index contributed by atoms with van der Waals surface area (Å²) in [5.74, 6) is 2.11. The molecular formula is C31H37N7. The van der Waals surface area contributed by atoms with E-state index in [0.29, 0.717) is 11.9 Å². The van der Waals surface area contributed by atoms with E-state index >= 15 is 0 Å². The first-order valence-electron chi connectivity index (χ1n) is 14.1. The Hall–Kier alpha value is -3.45. The number of hydrogen-bond acceptors (Lipinski definition) is 6. The number of aromatic nitrogens is 4. The van der Waals surface area contributed by atoms with Crippen LogP contribution in [0.25, 0.3) is 16.9 Å². The van der Waals surface area contributed by atoms with E-state index in [0.717, 1.165) is 47.4 Å². The lowest BCUT2D eigenvalue weighted by Crippen LogP contribution is -2.47. The zero-order chi connectivity index (χ0) is 25.9. The van der Waals surface area contributed by atoms with Crippen molar-refractivity contribution in [3.05, 3.63) is 66.1 Å². The number of pyridine rings is 1. The maximum atomic E-state index is 5.07. The van der Waals surface area contributed by atoms with Crippen molar-refractivity contribution in [3.63, 3.8) is 0 Å². The summed E-state index contributed by atoms with van der Waals surface area (Å²) in [5.41, 5.74) is 5.55. The Morgan fingerprint density at radius 3 is 2.32 bits per heavy atom. The van der Waals surface area contributed by atoms with Crippen LogP contribution in [0.1, 0.15) is 63.8 Å². The number of piperazine rings is 1. The molecule has 2 saturated carbocycles. The molecule has 38 heavy (non-hydrogen) atoms. The lowest BCUT2D eigenvalue weighted by Gasteiger charge is -2.36. The Kier molecular flexibility index (Phi) is 5.65. The van der Waals surface area contributed by atoms with Crippen molar-refractivity contribution in [2.24, 2.45) is 0 Å². The highest BCUT2D eigenvalue weighted by Gasteiger charge is 2.31. The first-order chi connectivity index (χ1) is 18.4. The maximum absolute atomic E-state index is 5.07. The van der Waals surface area contributed by atoms with Gasteiger partial charge in [0.2, 0.25) is 5.95 Å². The molecule has 2 aliphatic carbocycles. The van der Waals surface area contributed by atoms with E-state index in [1.54, 1.807) is 0 Å². The Labute approximate surface area is 224 Å². The summed E-state index contributed by atoms with van der Waals surface area (Å²) >= 11 is 0. The van der Waals surface area contributed by atoms with E-state index in [1.165, 1.54) is 50.2 Å². The molecule has 7 nitrogen and oxygen atoms in total. The number of hydrogen-bond donors (Lipinski definition) is 1. The zero-order valence-electron chi connectivity index (χ0n) is 22.7. The van der Waals surface area contributed by atoms with Crippen LogP contribution in [0.5, 0.6) is 0 Å². The number of fused-ring (bicyclic) bond motifs is 1. The highest BCUT2D eigenvalue weighted by atomic mass is 15.3. The number of rotatable bonds is 6. The van der Waals surface area contributed by atoms with Gasteiger partial charge in [0.25, 0.3) is 0 Å². The van der Waals surface area contributed by atoms with Gasteiger partial charge < -0.3 is 10.2 Å². The van der Waals surface area contributed by atoms with Gasteiger partial charge in [-0.3, -0.25) is 9.47 Å². The van der Waals surface area contributed by atoms with Gasteiger partial charge in [0, 0.05) is 72.0 Å². The van der Waals surface area contributed by atoms with Crippen molar-refractivity contribution in [1.29, 1.82) is 0 Å². The molecule has 1 aliphatic heterocycles. The van der Waals surface area contributed by atoms with Crippen LogP contribution < -0.4 is 10.2 Å². The lowest BCUT2D eigenvalue weighted by atomic mass is 9.92. The van der Waals surface area contributed by atoms with Crippen molar-refractivity contribution < 1.29 is 0 Å². The van der Waals surface area contributed by atoms with Gasteiger partial charge >= 0.3 is 0 Å². The molecule has 0 spiro atoms. The van der Waals surface area contributed by atoms with Crippen molar-refractivity contribution in [2.45, 2.75) is 63.8 Å². The molecular weight excluding hydrogens is 470 g/mol. The Morgan fingerprint density at radius 1 is 0.868 bits per heavy atom. The smallest absolute Gasteiger partial charge is 0.229 e. The average Bonchev–Trinajstić information content (AvgIpc) is 3.86. The van der Waals surface area contributed by atoms with Crippen LogP contribution in [0, 0.1) is 0 Å². The summed E-state index contributed by atoms with van der Waals surface area (Å²) in [4.78, 5) is 19.9. The standard InChI is InChI=1S/C31H37N7/c1-31(2,3)27-5-4-6-28(34-27)38-26(21-7-8-21)19-22-20-32-30(35-29(22)38)33-23-9-11-24(12-10-23)36-15-17-37(18-16-36)25-13-14-25/h4-6,9-12,19-21,25H,7-8,13-18H2,1-3H3,(H,32,33,35). The molecule has 4 heterocycles. The third-order valence-corrected chi connectivity index (χ3v) is 8.16. The summed E-state index contributed by atoms with van der Waals surface area (Å²) in [6, 6.07) is 18.1. The van der Waals surface area contributed by atoms with E-state index in [4.69, 9.17) is 9.97 Å². The van der Waals surface area contributed by atoms with Gasteiger partial charge in [0.1, 0.15) is 5.82 Å². The van der Waals surface area contributed by atoms with Crippen molar-refractivity contribution >= 4 is 28.4 Å². The van der Waals surface area contributed by atoms with Gasteiger partial charge in [0.05, 0.1) is 0 Å². The fourth-order valence-corrected chi connectivity index (χ4v) is 5.62. The predicted molar refractivity (Wildman–Crippen MR) is 154 cm³/mol. The number of nitrogens with one attached hydrogen (secondary N) is 1. The minimum Gasteiger partial charge on any atom is -0.369 e. The molecule has 0 unspecified atom stereocenters. The Bertz CT molecular complexity index is 1450. The molecule has 7 rings (SSSR count). The molecule has 196 valence electrons. The second-order valence-electron chi connectivity index (χ2n) is 12.2. The van der Waals surface area contributed by atoms with Crippen molar-refractivity contribution in [1.82, 2.24) is 24.4 Å². The summed E-state index contributed by atoms with van der Waals surface area (Å²) in [5, 5.41) is 4.50. The molecule has 3 fully saturated rings. The largest absolute Gasteiger partial charge is 0.369 e. The van der Waals surface area contributed by atoms with E-state index in [1.807, 2.05) is 6.20 Å². The van der Waals surface area contributed by atoms with Crippen LogP contribution in [0.2, 0.25) is 0 Å². The number of anilines is 3. The molecule has 0 amide bonds. The number of benzene rings is 1. The Morgan fingerprint density at radius 2 is 1.63 bits per heavy atom. The highest BCUT2D eigenvalue weighted by Crippen LogP contribution is 2.43. The van der Waals surface area contributed by atoms with Gasteiger partial charge in [-0.15, -0.1) is 0 Å². The maximum Gasteiger partial charge on any atom is 0.229 e. The molecule has 0 atom stereocenters. The molecule has 1 N–H and O–H groups in total. The van der Waals surface area contributed by atoms with Gasteiger partial charge in [-0.05, 0) is 74.1 Å². The van der Waals surface area contributed by atoms with Gasteiger partial charge in [0.15, 0.2) is 5.65 Å². The minimum atomic E-state index is -0.0165. The third kappa shape index (κ3) is 4.64. The van der Waals surface area contributed by atoms with E-state index in [-0.39, 0.29) is 5.41 Å². The summed E-state index contributed by atoms with van der Waals surface area (Å²) in [6.45, 7) is 11.2. The molecule has 1 aromatic carbocycles. The van der Waals surface area contributed by atoms with E-state index < -0.39 is 0 Å². The van der Waals surface area contributed by atoms with Crippen molar-refractivity contribution in [2.75, 3.05) is 36.4 Å². The quantitative estimate of drug-likeness (QED) is 0.344. The van der Waals surface area contributed by atoms with Crippen LogP contribution >= 0.6 is 0 Å². The fraction of sp³-hybridized carbons (Fsp3) is 0.452. The molecule has 4 aromatic rings. The fourth-order valence-electron chi connectivity index (χ4n) is 5.62. The summed E-state index contributed by atoms with van der Waals surface area (Å²) in [7, 11) is 0. The average molecular weight is 508 g/mol. The van der Waals surface area contributed by atoms with Crippen LogP contribution in [-0.2, 0) is 5.41 Å². The molecule has 3 aromatic heterocycles. The zero-order valence-corrected chi connectivity index (χ0v) is 22.7. The molecule has 0 radical (unpaired) electrons. The molecule has 3 aliphatic rings. The highest BCUT2D eigenvalue weighted by molar-refractivity contribution is 5.80. The Balaban J connectivity index is 1.15. The van der Waals surface area contributed by atoms with Crippen molar-refractivity contribution in [3.8, 4) is 5.82 Å². The van der Waals surface area contributed by atoms with Crippen LogP contribution in [-0.4, -0.2) is 56.6 Å². The normalized spacial score (nSPS) is 18.8. The molecule has 0 bridgehead atoms. The summed E-state index contributed by atoms with van der Waals surface area (Å²) in [6.07, 6.45) is 7.15. The predicted octanol–water partition coefficient (Wildman–Crippen LogP) is 6.02. The van der Waals surface area contributed by atoms with Gasteiger partial charge in [-0.1, -0.05) is 26.8 Å². The first kappa shape index (κ1) is 23.7. The molecule has 7 heteroatoms. The minimum absolute atomic E-state index is 0.0165. The second kappa shape index (κ2) is 9.09. The van der Waals surface area contributed by atoms with E-state index in [2.05, 4.69) is 94.0 Å². The number of nitrogens with zero attached hydrogens (tertiary/aromatic N) is 6. The molecule has 1 saturated heterocycles.